The van der Waals surface area contributed by atoms with E-state index in [0.717, 1.165) is 37.6 Å². The van der Waals surface area contributed by atoms with E-state index >= 15 is 0 Å². The number of alkyl halides is 2. The number of piperidine rings is 1. The van der Waals surface area contributed by atoms with Crippen LogP contribution < -0.4 is 5.32 Å². The molecule has 0 unspecified atom stereocenters. The Bertz CT molecular complexity index is 432. The standard InChI is InChI=1S/C16H26F2N2OS/c1-12(2)10-20-7-5-13(6-8-20)19-9-14-3-4-15(21-14)11-22-16(17)18/h3-4,12-13,16,19H,5-11H2,1-2H3. The van der Waals surface area contributed by atoms with Gasteiger partial charge in [0.1, 0.15) is 11.5 Å². The molecule has 1 N–H and O–H groups in total. The molecule has 126 valence electrons. The summed E-state index contributed by atoms with van der Waals surface area (Å²) in [4.78, 5) is 2.52. The van der Waals surface area contributed by atoms with Crippen LogP contribution in [0.3, 0.4) is 0 Å². The molecule has 6 heteroatoms. The highest BCUT2D eigenvalue weighted by atomic mass is 32.2. The van der Waals surface area contributed by atoms with Gasteiger partial charge in [-0.25, -0.2) is 0 Å². The van der Waals surface area contributed by atoms with Gasteiger partial charge in [-0.2, -0.15) is 8.78 Å². The molecular formula is C16H26F2N2OS. The molecule has 0 saturated carbocycles. The van der Waals surface area contributed by atoms with Crippen molar-refractivity contribution in [2.45, 2.75) is 50.8 Å². The summed E-state index contributed by atoms with van der Waals surface area (Å²) in [6.07, 6.45) is 2.31. The largest absolute Gasteiger partial charge is 0.464 e. The lowest BCUT2D eigenvalue weighted by Gasteiger charge is -2.33. The van der Waals surface area contributed by atoms with Crippen molar-refractivity contribution in [3.63, 3.8) is 0 Å². The van der Waals surface area contributed by atoms with Gasteiger partial charge in [0, 0.05) is 12.6 Å². The van der Waals surface area contributed by atoms with Crippen LogP contribution in [0.4, 0.5) is 8.78 Å². The lowest BCUT2D eigenvalue weighted by Crippen LogP contribution is -2.43. The first-order valence-electron chi connectivity index (χ1n) is 7.96. The van der Waals surface area contributed by atoms with E-state index in [1.807, 2.05) is 6.07 Å². The Morgan fingerprint density at radius 1 is 1.27 bits per heavy atom. The second-order valence-corrected chi connectivity index (χ2v) is 7.27. The quantitative estimate of drug-likeness (QED) is 0.780. The first-order chi connectivity index (χ1) is 10.5. The molecule has 1 aliphatic heterocycles. The van der Waals surface area contributed by atoms with E-state index in [1.165, 1.54) is 6.54 Å². The van der Waals surface area contributed by atoms with Gasteiger partial charge in [-0.3, -0.25) is 0 Å². The molecule has 0 aliphatic carbocycles. The third kappa shape index (κ3) is 6.26. The normalized spacial score (nSPS) is 17.7. The molecular weight excluding hydrogens is 306 g/mol. The summed E-state index contributed by atoms with van der Waals surface area (Å²) in [7, 11) is 0. The van der Waals surface area contributed by atoms with E-state index in [4.69, 9.17) is 4.42 Å². The van der Waals surface area contributed by atoms with Gasteiger partial charge in [-0.05, 0) is 44.0 Å². The number of hydrogen-bond acceptors (Lipinski definition) is 4. The molecule has 1 aromatic rings. The van der Waals surface area contributed by atoms with Crippen molar-refractivity contribution >= 4 is 11.8 Å². The van der Waals surface area contributed by atoms with Crippen molar-refractivity contribution < 1.29 is 13.2 Å². The lowest BCUT2D eigenvalue weighted by molar-refractivity contribution is 0.178. The molecule has 1 fully saturated rings. The van der Waals surface area contributed by atoms with Crippen LogP contribution in [-0.4, -0.2) is 36.3 Å². The average Bonchev–Trinajstić information content (AvgIpc) is 2.92. The van der Waals surface area contributed by atoms with E-state index in [2.05, 4.69) is 24.1 Å². The first kappa shape index (κ1) is 17.8. The molecule has 1 aliphatic rings. The van der Waals surface area contributed by atoms with Crippen LogP contribution in [0.25, 0.3) is 0 Å². The van der Waals surface area contributed by atoms with Crippen LogP contribution in [-0.2, 0) is 12.3 Å². The zero-order chi connectivity index (χ0) is 15.9. The summed E-state index contributed by atoms with van der Waals surface area (Å²) in [5.74, 6) is 0.0498. The third-order valence-corrected chi connectivity index (χ3v) is 4.55. The molecule has 1 aromatic heterocycles. The van der Waals surface area contributed by atoms with Gasteiger partial charge in [-0.1, -0.05) is 25.6 Å². The van der Waals surface area contributed by atoms with E-state index in [0.29, 0.717) is 30.1 Å². The molecule has 0 spiro atoms. The van der Waals surface area contributed by atoms with Crippen LogP contribution in [0.1, 0.15) is 38.2 Å². The summed E-state index contributed by atoms with van der Waals surface area (Å²) in [6.45, 7) is 8.65. The van der Waals surface area contributed by atoms with E-state index in [-0.39, 0.29) is 5.75 Å². The van der Waals surface area contributed by atoms with Crippen LogP contribution in [0, 0.1) is 5.92 Å². The van der Waals surface area contributed by atoms with Gasteiger partial charge >= 0.3 is 0 Å². The number of likely N-dealkylation sites (tertiary alicyclic amines) is 1. The molecule has 2 heterocycles. The zero-order valence-corrected chi connectivity index (χ0v) is 14.2. The van der Waals surface area contributed by atoms with Crippen molar-refractivity contribution in [1.29, 1.82) is 0 Å². The van der Waals surface area contributed by atoms with Gasteiger partial charge in [-0.15, -0.1) is 0 Å². The van der Waals surface area contributed by atoms with Gasteiger partial charge in [0.15, 0.2) is 0 Å². The second-order valence-electron chi connectivity index (χ2n) is 6.29. The maximum Gasteiger partial charge on any atom is 0.284 e. The van der Waals surface area contributed by atoms with Crippen LogP contribution in [0.2, 0.25) is 0 Å². The zero-order valence-electron chi connectivity index (χ0n) is 13.4. The molecule has 0 atom stereocenters. The van der Waals surface area contributed by atoms with Crippen LogP contribution >= 0.6 is 11.8 Å². The van der Waals surface area contributed by atoms with Crippen LogP contribution in [0.15, 0.2) is 16.5 Å². The highest BCUT2D eigenvalue weighted by molar-refractivity contribution is 7.98. The highest BCUT2D eigenvalue weighted by Crippen LogP contribution is 2.21. The number of halogens is 2. The van der Waals surface area contributed by atoms with Crippen LogP contribution in [0.5, 0.6) is 0 Å². The number of thioether (sulfide) groups is 1. The number of nitrogens with zero attached hydrogens (tertiary/aromatic N) is 1. The predicted octanol–water partition coefficient (Wildman–Crippen LogP) is 3.95. The minimum Gasteiger partial charge on any atom is -0.464 e. The smallest absolute Gasteiger partial charge is 0.284 e. The third-order valence-electron chi connectivity index (χ3n) is 3.84. The summed E-state index contributed by atoms with van der Waals surface area (Å²) < 4.78 is 29.8. The Morgan fingerprint density at radius 3 is 2.59 bits per heavy atom. The number of hydrogen-bond donors (Lipinski definition) is 1. The van der Waals surface area contributed by atoms with Gasteiger partial charge < -0.3 is 14.6 Å². The Morgan fingerprint density at radius 2 is 1.95 bits per heavy atom. The van der Waals surface area contributed by atoms with Crippen molar-refractivity contribution in [3.05, 3.63) is 23.7 Å². The fourth-order valence-electron chi connectivity index (χ4n) is 2.82. The Balaban J connectivity index is 1.66. The maximum atomic E-state index is 12.1. The Hall–Kier alpha value is -0.590. The van der Waals surface area contributed by atoms with Gasteiger partial charge in [0.25, 0.3) is 5.76 Å². The fraction of sp³-hybridized carbons (Fsp3) is 0.750. The van der Waals surface area contributed by atoms with Crippen molar-refractivity contribution in [2.24, 2.45) is 5.92 Å². The lowest BCUT2D eigenvalue weighted by atomic mass is 10.0. The molecule has 1 saturated heterocycles. The SMILES string of the molecule is CC(C)CN1CCC(NCc2ccc(CSC(F)F)o2)CC1. The van der Waals surface area contributed by atoms with Crippen molar-refractivity contribution in [3.8, 4) is 0 Å². The number of rotatable bonds is 8. The topological polar surface area (TPSA) is 28.4 Å². The minimum atomic E-state index is -2.34. The monoisotopic (exact) mass is 332 g/mol. The first-order valence-corrected chi connectivity index (χ1v) is 9.01. The Labute approximate surface area is 135 Å². The average molecular weight is 332 g/mol. The molecule has 0 amide bonds. The molecule has 22 heavy (non-hydrogen) atoms. The summed E-state index contributed by atoms with van der Waals surface area (Å²) in [5.41, 5.74) is 0. The minimum absolute atomic E-state index is 0.227. The summed E-state index contributed by atoms with van der Waals surface area (Å²) >= 11 is 0.596. The summed E-state index contributed by atoms with van der Waals surface area (Å²) in [5, 5.41) is 3.51. The number of nitrogens with one attached hydrogen (secondary N) is 1. The maximum absolute atomic E-state index is 12.1. The summed E-state index contributed by atoms with van der Waals surface area (Å²) in [6, 6.07) is 4.19. The molecule has 0 aromatic carbocycles. The van der Waals surface area contributed by atoms with Gasteiger partial charge in [0.05, 0.1) is 12.3 Å². The molecule has 3 nitrogen and oxygen atoms in total. The Kier molecular flexibility index (Phi) is 7.18. The van der Waals surface area contributed by atoms with E-state index < -0.39 is 5.76 Å². The molecule has 0 bridgehead atoms. The fourth-order valence-corrected chi connectivity index (χ4v) is 3.27. The van der Waals surface area contributed by atoms with Gasteiger partial charge in [0.2, 0.25) is 0 Å². The van der Waals surface area contributed by atoms with Crippen molar-refractivity contribution in [2.75, 3.05) is 19.6 Å². The second kappa shape index (κ2) is 8.89. The van der Waals surface area contributed by atoms with Crippen molar-refractivity contribution in [1.82, 2.24) is 10.2 Å². The van der Waals surface area contributed by atoms with E-state index in [1.54, 1.807) is 6.07 Å². The van der Waals surface area contributed by atoms with E-state index in [9.17, 15) is 8.78 Å². The molecule has 2 rings (SSSR count). The number of furan rings is 1. The molecule has 0 radical (unpaired) electrons. The predicted molar refractivity (Wildman–Crippen MR) is 87.1 cm³/mol. The highest BCUT2D eigenvalue weighted by Gasteiger charge is 2.19.